The van der Waals surface area contributed by atoms with Crippen LogP contribution in [0.3, 0.4) is 0 Å². The van der Waals surface area contributed by atoms with Crippen LogP contribution in [0.5, 0.6) is 11.5 Å². The Morgan fingerprint density at radius 2 is 1.74 bits per heavy atom. The molecule has 2 rings (SSSR count). The summed E-state index contributed by atoms with van der Waals surface area (Å²) in [4.78, 5) is 0.217. The van der Waals surface area contributed by atoms with Crippen LogP contribution >= 0.6 is 0 Å². The highest BCUT2D eigenvalue weighted by molar-refractivity contribution is 7.91. The minimum atomic E-state index is -3.26. The maximum absolute atomic E-state index is 12.8. The molecule has 0 saturated carbocycles. The molecule has 0 heterocycles. The van der Waals surface area contributed by atoms with Crippen molar-refractivity contribution in [3.05, 3.63) is 54.3 Å². The molecule has 0 amide bonds. The van der Waals surface area contributed by atoms with Crippen molar-refractivity contribution in [1.29, 1.82) is 0 Å². The number of benzene rings is 2. The van der Waals surface area contributed by atoms with E-state index >= 15 is 0 Å². The molecule has 0 unspecified atom stereocenters. The Kier molecular flexibility index (Phi) is 3.85. The second kappa shape index (κ2) is 5.40. The summed E-state index contributed by atoms with van der Waals surface area (Å²) in [5.41, 5.74) is 0. The average molecular weight is 280 g/mol. The van der Waals surface area contributed by atoms with Crippen molar-refractivity contribution in [2.24, 2.45) is 0 Å². The molecule has 2 aromatic rings. The summed E-state index contributed by atoms with van der Waals surface area (Å²) >= 11 is 0. The van der Waals surface area contributed by atoms with Gasteiger partial charge in [-0.3, -0.25) is 0 Å². The van der Waals surface area contributed by atoms with Crippen molar-refractivity contribution in [1.82, 2.24) is 0 Å². The van der Waals surface area contributed by atoms with Gasteiger partial charge in [-0.25, -0.2) is 12.8 Å². The summed E-state index contributed by atoms with van der Waals surface area (Å²) in [7, 11) is -3.26. The molecule has 0 N–H and O–H groups in total. The third-order valence-electron chi connectivity index (χ3n) is 2.59. The van der Waals surface area contributed by atoms with E-state index in [0.717, 1.165) is 0 Å². The summed E-state index contributed by atoms with van der Waals surface area (Å²) in [5.74, 6) is 0.538. The lowest BCUT2D eigenvalue weighted by molar-refractivity contribution is 0.478. The molecule has 0 aliphatic heterocycles. The van der Waals surface area contributed by atoms with Gasteiger partial charge < -0.3 is 4.74 Å². The van der Waals surface area contributed by atoms with Gasteiger partial charge in [0.15, 0.2) is 9.84 Å². The average Bonchev–Trinajstić information content (AvgIpc) is 2.42. The van der Waals surface area contributed by atoms with Crippen molar-refractivity contribution < 1.29 is 17.5 Å². The van der Waals surface area contributed by atoms with Crippen LogP contribution in [0.15, 0.2) is 53.4 Å². The fourth-order valence-electron chi connectivity index (χ4n) is 1.54. The van der Waals surface area contributed by atoms with Crippen molar-refractivity contribution >= 4 is 9.84 Å². The monoisotopic (exact) mass is 280 g/mol. The maximum Gasteiger partial charge on any atom is 0.178 e. The Balaban J connectivity index is 2.27. The molecule has 0 aromatic heterocycles. The zero-order valence-electron chi connectivity index (χ0n) is 10.3. The second-order valence-electron chi connectivity index (χ2n) is 3.93. The number of hydrogen-bond acceptors (Lipinski definition) is 3. The third kappa shape index (κ3) is 3.32. The SMILES string of the molecule is CCS(=O)(=O)c1cccc(Oc2ccc(F)cc2)c1. The van der Waals surface area contributed by atoms with Gasteiger partial charge in [-0.05, 0) is 42.5 Å². The molecule has 100 valence electrons. The molecule has 0 fully saturated rings. The van der Waals surface area contributed by atoms with Gasteiger partial charge in [-0.1, -0.05) is 13.0 Å². The molecule has 0 atom stereocenters. The highest BCUT2D eigenvalue weighted by Gasteiger charge is 2.12. The van der Waals surface area contributed by atoms with Crippen LogP contribution in [0.4, 0.5) is 4.39 Å². The number of ether oxygens (including phenoxy) is 1. The van der Waals surface area contributed by atoms with Gasteiger partial charge in [0.2, 0.25) is 0 Å². The smallest absolute Gasteiger partial charge is 0.178 e. The van der Waals surface area contributed by atoms with Crippen molar-refractivity contribution in [2.45, 2.75) is 11.8 Å². The van der Waals surface area contributed by atoms with Gasteiger partial charge in [0.1, 0.15) is 17.3 Å². The van der Waals surface area contributed by atoms with Gasteiger partial charge >= 0.3 is 0 Å². The molecular formula is C14H13FO3S. The lowest BCUT2D eigenvalue weighted by atomic mass is 10.3. The van der Waals surface area contributed by atoms with E-state index in [-0.39, 0.29) is 16.5 Å². The molecule has 0 saturated heterocycles. The Labute approximate surface area is 111 Å². The first-order valence-corrected chi connectivity index (χ1v) is 7.43. The van der Waals surface area contributed by atoms with Gasteiger partial charge in [0.25, 0.3) is 0 Å². The van der Waals surface area contributed by atoms with Crippen LogP contribution in [-0.2, 0) is 9.84 Å². The second-order valence-corrected chi connectivity index (χ2v) is 6.21. The molecule has 0 aliphatic rings. The Morgan fingerprint density at radius 1 is 1.05 bits per heavy atom. The van der Waals surface area contributed by atoms with E-state index < -0.39 is 9.84 Å². The van der Waals surface area contributed by atoms with Gasteiger partial charge in [0.05, 0.1) is 10.6 Å². The fourth-order valence-corrected chi connectivity index (χ4v) is 2.45. The van der Waals surface area contributed by atoms with Crippen LogP contribution in [0.1, 0.15) is 6.92 Å². The summed E-state index contributed by atoms with van der Waals surface area (Å²) < 4.78 is 41.7. The standard InChI is InChI=1S/C14H13FO3S/c1-2-19(16,17)14-5-3-4-13(10-14)18-12-8-6-11(15)7-9-12/h3-10H,2H2,1H3. The molecule has 19 heavy (non-hydrogen) atoms. The predicted molar refractivity (Wildman–Crippen MR) is 70.6 cm³/mol. The van der Waals surface area contributed by atoms with E-state index in [1.807, 2.05) is 0 Å². The Hall–Kier alpha value is -1.88. The molecule has 2 aromatic carbocycles. The van der Waals surface area contributed by atoms with Crippen LogP contribution in [0.2, 0.25) is 0 Å². The summed E-state index contributed by atoms with van der Waals surface area (Å²) in [6.07, 6.45) is 0. The largest absolute Gasteiger partial charge is 0.457 e. The molecular weight excluding hydrogens is 267 g/mol. The van der Waals surface area contributed by atoms with E-state index in [1.54, 1.807) is 19.1 Å². The van der Waals surface area contributed by atoms with Crippen LogP contribution in [0.25, 0.3) is 0 Å². The zero-order valence-corrected chi connectivity index (χ0v) is 11.2. The third-order valence-corrected chi connectivity index (χ3v) is 4.33. The summed E-state index contributed by atoms with van der Waals surface area (Å²) in [5, 5.41) is 0. The summed E-state index contributed by atoms with van der Waals surface area (Å²) in [6, 6.07) is 11.8. The molecule has 5 heteroatoms. The van der Waals surface area contributed by atoms with Crippen molar-refractivity contribution in [3.63, 3.8) is 0 Å². The van der Waals surface area contributed by atoms with Gasteiger partial charge in [-0.15, -0.1) is 0 Å². The first kappa shape index (κ1) is 13.5. The molecule has 0 spiro atoms. The maximum atomic E-state index is 12.8. The van der Waals surface area contributed by atoms with E-state index in [1.165, 1.54) is 36.4 Å². The van der Waals surface area contributed by atoms with E-state index in [9.17, 15) is 12.8 Å². The number of hydrogen-bond donors (Lipinski definition) is 0. The Bertz CT molecular complexity index is 663. The summed E-state index contributed by atoms with van der Waals surface area (Å²) in [6.45, 7) is 1.59. The molecule has 3 nitrogen and oxygen atoms in total. The number of halogens is 1. The number of sulfone groups is 1. The first-order chi connectivity index (χ1) is 9.01. The lowest BCUT2D eigenvalue weighted by Gasteiger charge is -2.07. The van der Waals surface area contributed by atoms with Crippen LogP contribution < -0.4 is 4.74 Å². The van der Waals surface area contributed by atoms with Gasteiger partial charge in [0, 0.05) is 0 Å². The quantitative estimate of drug-likeness (QED) is 0.862. The normalized spacial score (nSPS) is 11.3. The minimum absolute atomic E-state index is 0.0347. The lowest BCUT2D eigenvalue weighted by Crippen LogP contribution is -2.03. The van der Waals surface area contributed by atoms with Crippen molar-refractivity contribution in [3.8, 4) is 11.5 Å². The Morgan fingerprint density at radius 3 is 2.37 bits per heavy atom. The topological polar surface area (TPSA) is 43.4 Å². The first-order valence-electron chi connectivity index (χ1n) is 5.77. The molecule has 0 bridgehead atoms. The zero-order chi connectivity index (χ0) is 13.9. The fraction of sp³-hybridized carbons (Fsp3) is 0.143. The van der Waals surface area contributed by atoms with E-state index in [2.05, 4.69) is 0 Å². The molecule has 0 radical (unpaired) electrons. The van der Waals surface area contributed by atoms with E-state index in [0.29, 0.717) is 11.5 Å². The van der Waals surface area contributed by atoms with E-state index in [4.69, 9.17) is 4.74 Å². The predicted octanol–water partition coefficient (Wildman–Crippen LogP) is 3.41. The van der Waals surface area contributed by atoms with Gasteiger partial charge in [-0.2, -0.15) is 0 Å². The van der Waals surface area contributed by atoms with Crippen molar-refractivity contribution in [2.75, 3.05) is 5.75 Å². The van der Waals surface area contributed by atoms with Crippen LogP contribution in [0, 0.1) is 5.82 Å². The number of rotatable bonds is 4. The highest BCUT2D eigenvalue weighted by atomic mass is 32.2. The highest BCUT2D eigenvalue weighted by Crippen LogP contribution is 2.24. The minimum Gasteiger partial charge on any atom is -0.457 e. The molecule has 0 aliphatic carbocycles. The van der Waals surface area contributed by atoms with Crippen LogP contribution in [-0.4, -0.2) is 14.2 Å².